The lowest BCUT2D eigenvalue weighted by atomic mass is 10.3. The second-order valence-corrected chi connectivity index (χ2v) is 3.76. The summed E-state index contributed by atoms with van der Waals surface area (Å²) < 4.78 is 0. The summed E-state index contributed by atoms with van der Waals surface area (Å²) in [4.78, 5) is 36.2. The van der Waals surface area contributed by atoms with E-state index in [2.05, 4.69) is 9.98 Å². The lowest BCUT2D eigenvalue weighted by Gasteiger charge is -1.83. The van der Waals surface area contributed by atoms with Crippen LogP contribution in [0.2, 0.25) is 0 Å². The quantitative estimate of drug-likeness (QED) is 0.509. The second kappa shape index (κ2) is 7.00. The molecule has 2 aliphatic heterocycles. The fourth-order valence-electron chi connectivity index (χ4n) is 1.33. The van der Waals surface area contributed by atoms with Gasteiger partial charge in [0.15, 0.2) is 0 Å². The first-order valence-electron chi connectivity index (χ1n) is 5.47. The fraction of sp³-hybridized carbons (Fsp3) is 0.300. The smallest absolute Gasteiger partial charge is 0.354 e. The third-order valence-electron chi connectivity index (χ3n) is 2.34. The number of carboxylic acids is 1. The van der Waals surface area contributed by atoms with E-state index in [0.717, 1.165) is 6.08 Å². The third-order valence-corrected chi connectivity index (χ3v) is 2.34. The average Bonchev–Trinajstić information content (AvgIpc) is 3.08. The molecule has 2 rings (SSSR count). The Kier molecular flexibility index (Phi) is 5.37. The van der Waals surface area contributed by atoms with Gasteiger partial charge in [0.1, 0.15) is 18.8 Å². The van der Waals surface area contributed by atoms with E-state index in [1.165, 1.54) is 6.08 Å². The largest absolute Gasteiger partial charge is 0.477 e. The Balaban J connectivity index is 0.000000211. The summed E-state index contributed by atoms with van der Waals surface area (Å²) in [6.07, 6.45) is 2.25. The molecule has 0 atom stereocenters. The number of aliphatic hydroxyl groups excluding tert-OH is 1. The van der Waals surface area contributed by atoms with E-state index in [4.69, 9.17) is 10.2 Å². The molecule has 11 nitrogen and oxygen atoms in total. The third kappa shape index (κ3) is 4.58. The van der Waals surface area contributed by atoms with Gasteiger partial charge in [0.2, 0.25) is 0 Å². The van der Waals surface area contributed by atoms with E-state index in [1.54, 1.807) is 0 Å². The number of hydrogen-bond donors (Lipinski definition) is 2. The molecule has 0 unspecified atom stereocenters. The predicted octanol–water partition coefficient (Wildman–Crippen LogP) is -0.720. The van der Waals surface area contributed by atoms with Crippen LogP contribution in [0.5, 0.6) is 0 Å². The highest BCUT2D eigenvalue weighted by molar-refractivity contribution is 6.41. The van der Waals surface area contributed by atoms with Crippen molar-refractivity contribution in [3.8, 4) is 0 Å². The van der Waals surface area contributed by atoms with Crippen molar-refractivity contribution in [3.63, 3.8) is 0 Å². The first-order valence-corrected chi connectivity index (χ1v) is 5.47. The molecule has 0 saturated heterocycles. The monoisotopic (exact) mass is 298 g/mol. The standard InChI is InChI=1S/C5H4N2O4.C5H6N2O3/c8-5(9)4-1-3(2-6-4)7(10)11;8-3-4-1-5(2-6-4)7(9)10/h1H,2H2,(H,8,9);1,8H,2-3H2. The molecule has 0 amide bonds. The van der Waals surface area contributed by atoms with E-state index >= 15 is 0 Å². The first-order chi connectivity index (χ1) is 9.85. The summed E-state index contributed by atoms with van der Waals surface area (Å²) in [5.74, 6) is -1.23. The highest BCUT2D eigenvalue weighted by atomic mass is 16.6. The molecule has 0 aromatic carbocycles. The van der Waals surface area contributed by atoms with Crippen LogP contribution in [-0.2, 0) is 4.79 Å². The topological polar surface area (TPSA) is 169 Å². The highest BCUT2D eigenvalue weighted by Gasteiger charge is 2.21. The van der Waals surface area contributed by atoms with Gasteiger partial charge in [0.05, 0.1) is 22.2 Å². The van der Waals surface area contributed by atoms with Crippen LogP contribution in [0.25, 0.3) is 0 Å². The van der Waals surface area contributed by atoms with Gasteiger partial charge in [-0.15, -0.1) is 0 Å². The Bertz CT molecular complexity index is 603. The Morgan fingerprint density at radius 2 is 1.67 bits per heavy atom. The van der Waals surface area contributed by atoms with E-state index in [0.29, 0.717) is 5.71 Å². The van der Waals surface area contributed by atoms with Gasteiger partial charge in [-0.05, 0) is 0 Å². The number of rotatable bonds is 4. The zero-order chi connectivity index (χ0) is 16.0. The van der Waals surface area contributed by atoms with Gasteiger partial charge in [0.25, 0.3) is 11.4 Å². The van der Waals surface area contributed by atoms with E-state index in [9.17, 15) is 25.0 Å². The Hall–Kier alpha value is -2.95. The van der Waals surface area contributed by atoms with Gasteiger partial charge >= 0.3 is 5.97 Å². The maximum Gasteiger partial charge on any atom is 0.354 e. The minimum atomic E-state index is -1.23. The Morgan fingerprint density at radius 1 is 1.14 bits per heavy atom. The molecular weight excluding hydrogens is 288 g/mol. The first kappa shape index (κ1) is 16.1. The molecule has 2 heterocycles. The molecule has 0 spiro atoms. The van der Waals surface area contributed by atoms with Crippen molar-refractivity contribution in [2.75, 3.05) is 19.7 Å². The number of carbonyl (C=O) groups is 1. The van der Waals surface area contributed by atoms with Crippen LogP contribution in [-0.4, -0.2) is 57.1 Å². The molecule has 2 N–H and O–H groups in total. The molecular formula is C10H10N4O7. The number of aliphatic hydroxyl groups is 1. The van der Waals surface area contributed by atoms with Crippen LogP contribution in [0.4, 0.5) is 0 Å². The molecule has 0 saturated carbocycles. The van der Waals surface area contributed by atoms with E-state index < -0.39 is 15.8 Å². The van der Waals surface area contributed by atoms with Gasteiger partial charge < -0.3 is 10.2 Å². The molecule has 0 fully saturated rings. The minimum Gasteiger partial charge on any atom is -0.477 e. The van der Waals surface area contributed by atoms with Gasteiger partial charge in [-0.2, -0.15) is 0 Å². The molecule has 0 bridgehead atoms. The van der Waals surface area contributed by atoms with Crippen molar-refractivity contribution >= 4 is 17.4 Å². The van der Waals surface area contributed by atoms with Crippen molar-refractivity contribution < 1.29 is 24.9 Å². The van der Waals surface area contributed by atoms with Gasteiger partial charge in [-0.1, -0.05) is 0 Å². The molecule has 21 heavy (non-hydrogen) atoms. The molecule has 0 radical (unpaired) electrons. The van der Waals surface area contributed by atoms with Crippen molar-refractivity contribution in [2.24, 2.45) is 9.98 Å². The summed E-state index contributed by atoms with van der Waals surface area (Å²) >= 11 is 0. The summed E-state index contributed by atoms with van der Waals surface area (Å²) in [6, 6.07) is 0. The van der Waals surface area contributed by atoms with E-state index in [1.807, 2.05) is 0 Å². The van der Waals surface area contributed by atoms with Crippen LogP contribution >= 0.6 is 0 Å². The molecule has 0 aromatic rings. The Labute approximate surface area is 116 Å². The van der Waals surface area contributed by atoms with Crippen LogP contribution in [0.15, 0.2) is 33.5 Å². The van der Waals surface area contributed by atoms with Crippen molar-refractivity contribution in [1.29, 1.82) is 0 Å². The van der Waals surface area contributed by atoms with Crippen LogP contribution in [0.3, 0.4) is 0 Å². The summed E-state index contributed by atoms with van der Waals surface area (Å²) in [7, 11) is 0. The Morgan fingerprint density at radius 3 is 1.95 bits per heavy atom. The number of carboxylic acid groups (broad SMARTS) is 1. The van der Waals surface area contributed by atoms with Gasteiger partial charge in [0, 0.05) is 12.2 Å². The molecule has 2 aliphatic rings. The lowest BCUT2D eigenvalue weighted by molar-refractivity contribution is -0.424. The fourth-order valence-corrected chi connectivity index (χ4v) is 1.33. The second-order valence-electron chi connectivity index (χ2n) is 3.76. The maximum absolute atomic E-state index is 10.2. The SMILES string of the molecule is O=C(O)C1=NCC([N+](=O)[O-])=C1.O=[N+]([O-])C1=CC(CO)=NC1. The number of hydrogen-bond acceptors (Lipinski definition) is 8. The minimum absolute atomic E-state index is 0.0454. The lowest BCUT2D eigenvalue weighted by Crippen LogP contribution is -2.07. The number of nitrogens with zero attached hydrogens (tertiary/aromatic N) is 4. The summed E-state index contributed by atoms with van der Waals surface area (Å²) in [5.41, 5.74) is -0.00477. The van der Waals surface area contributed by atoms with Crippen LogP contribution in [0.1, 0.15) is 0 Å². The zero-order valence-corrected chi connectivity index (χ0v) is 10.5. The maximum atomic E-state index is 10.2. The number of aliphatic carboxylic acids is 1. The molecule has 11 heteroatoms. The summed E-state index contributed by atoms with van der Waals surface area (Å²) in [6.45, 7) is -0.283. The number of nitro groups is 2. The van der Waals surface area contributed by atoms with Crippen LogP contribution in [0, 0.1) is 20.2 Å². The summed E-state index contributed by atoms with van der Waals surface area (Å²) in [5, 5.41) is 36.9. The van der Waals surface area contributed by atoms with Crippen molar-refractivity contribution in [3.05, 3.63) is 43.8 Å². The van der Waals surface area contributed by atoms with E-state index in [-0.39, 0.29) is 36.8 Å². The number of aliphatic imine (C=N–C) groups is 2. The highest BCUT2D eigenvalue weighted by Crippen LogP contribution is 2.05. The van der Waals surface area contributed by atoms with Crippen molar-refractivity contribution in [1.82, 2.24) is 0 Å². The van der Waals surface area contributed by atoms with Crippen molar-refractivity contribution in [2.45, 2.75) is 0 Å². The predicted molar refractivity (Wildman–Crippen MR) is 69.5 cm³/mol. The average molecular weight is 298 g/mol. The van der Waals surface area contributed by atoms with Gasteiger partial charge in [-0.3, -0.25) is 30.2 Å². The normalized spacial score (nSPS) is 16.0. The van der Waals surface area contributed by atoms with Gasteiger partial charge in [-0.25, -0.2) is 4.79 Å². The molecule has 112 valence electrons. The molecule has 0 aliphatic carbocycles. The zero-order valence-electron chi connectivity index (χ0n) is 10.5. The molecule has 0 aromatic heterocycles. The van der Waals surface area contributed by atoms with Crippen LogP contribution < -0.4 is 0 Å².